The summed E-state index contributed by atoms with van der Waals surface area (Å²) in [6, 6.07) is 17.7. The Kier molecular flexibility index (Phi) is 8.54. The molecule has 1 aromatic heterocycles. The van der Waals surface area contributed by atoms with Crippen LogP contribution in [0.1, 0.15) is 18.1 Å². The lowest BCUT2D eigenvalue weighted by Crippen LogP contribution is -2.19. The van der Waals surface area contributed by atoms with Crippen molar-refractivity contribution in [3.8, 4) is 5.75 Å². The summed E-state index contributed by atoms with van der Waals surface area (Å²) >= 11 is 4.49. The van der Waals surface area contributed by atoms with Crippen LogP contribution in [0.2, 0.25) is 0 Å². The normalized spacial score (nSPS) is 10.9. The lowest BCUT2D eigenvalue weighted by atomic mass is 10.2. The van der Waals surface area contributed by atoms with Crippen molar-refractivity contribution in [1.82, 2.24) is 15.6 Å². The number of hydrogen-bond donors (Lipinski definition) is 1. The lowest BCUT2D eigenvalue weighted by Gasteiger charge is -2.02. The Morgan fingerprint density at radius 1 is 1.10 bits per heavy atom. The summed E-state index contributed by atoms with van der Waals surface area (Å²) in [4.78, 5) is 11.9. The molecule has 0 unspecified atom stereocenters. The van der Waals surface area contributed by atoms with Crippen molar-refractivity contribution in [2.45, 2.75) is 21.4 Å². The van der Waals surface area contributed by atoms with E-state index in [0.717, 1.165) is 25.7 Å². The Labute approximate surface area is 182 Å². The van der Waals surface area contributed by atoms with Gasteiger partial charge < -0.3 is 4.74 Å². The second kappa shape index (κ2) is 11.6. The van der Waals surface area contributed by atoms with Crippen molar-refractivity contribution in [2.75, 3.05) is 12.4 Å². The molecule has 3 aromatic rings. The first-order valence-corrected chi connectivity index (χ1v) is 11.7. The van der Waals surface area contributed by atoms with Crippen molar-refractivity contribution in [3.05, 3.63) is 65.7 Å². The Morgan fingerprint density at radius 2 is 1.83 bits per heavy atom. The van der Waals surface area contributed by atoms with E-state index in [-0.39, 0.29) is 11.7 Å². The number of hydrazone groups is 1. The van der Waals surface area contributed by atoms with Crippen LogP contribution in [-0.4, -0.2) is 34.7 Å². The number of carbonyl (C=O) groups is 1. The number of benzene rings is 2. The average Bonchev–Trinajstić information content (AvgIpc) is 3.21. The third kappa shape index (κ3) is 7.52. The summed E-state index contributed by atoms with van der Waals surface area (Å²) in [6.07, 6.45) is 1.60. The number of ether oxygens (including phenoxy) is 1. The maximum absolute atomic E-state index is 11.9. The SMILES string of the molecule is CCOc1ccc(/C=N\NC(=O)CSc2nnc(SCc3ccccc3)s2)cc1. The zero-order chi connectivity index (χ0) is 20.3. The highest BCUT2D eigenvalue weighted by molar-refractivity contribution is 8.03. The first-order chi connectivity index (χ1) is 14.2. The van der Waals surface area contributed by atoms with Crippen molar-refractivity contribution < 1.29 is 9.53 Å². The second-order valence-corrected chi connectivity index (χ2v) is 9.11. The molecule has 0 bridgehead atoms. The Morgan fingerprint density at radius 3 is 2.55 bits per heavy atom. The lowest BCUT2D eigenvalue weighted by molar-refractivity contribution is -0.118. The van der Waals surface area contributed by atoms with Crippen LogP contribution in [0.5, 0.6) is 5.75 Å². The van der Waals surface area contributed by atoms with Gasteiger partial charge in [0.2, 0.25) is 0 Å². The van der Waals surface area contributed by atoms with Crippen LogP contribution in [0, 0.1) is 0 Å². The van der Waals surface area contributed by atoms with Crippen LogP contribution < -0.4 is 10.2 Å². The standard InChI is InChI=1S/C20H20N4O2S3/c1-2-26-17-10-8-15(9-11-17)12-21-22-18(25)14-28-20-24-23-19(29-20)27-13-16-6-4-3-5-7-16/h3-12H,2,13-14H2,1H3,(H,22,25)/b21-12-. The summed E-state index contributed by atoms with van der Waals surface area (Å²) < 4.78 is 7.05. The molecule has 0 fully saturated rings. The van der Waals surface area contributed by atoms with E-state index < -0.39 is 0 Å². The van der Waals surface area contributed by atoms with E-state index in [0.29, 0.717) is 6.61 Å². The molecule has 0 atom stereocenters. The molecule has 0 aliphatic carbocycles. The molecule has 29 heavy (non-hydrogen) atoms. The van der Waals surface area contributed by atoms with E-state index in [9.17, 15) is 4.79 Å². The van der Waals surface area contributed by atoms with Gasteiger partial charge in [-0.15, -0.1) is 10.2 Å². The number of thioether (sulfide) groups is 2. The van der Waals surface area contributed by atoms with E-state index in [2.05, 4.69) is 32.9 Å². The quantitative estimate of drug-likeness (QED) is 0.282. The van der Waals surface area contributed by atoms with E-state index in [4.69, 9.17) is 4.74 Å². The predicted octanol–water partition coefficient (Wildman–Crippen LogP) is 4.47. The molecule has 2 aromatic carbocycles. The fourth-order valence-corrected chi connectivity index (χ4v) is 4.96. The minimum Gasteiger partial charge on any atom is -0.494 e. The number of rotatable bonds is 10. The summed E-state index contributed by atoms with van der Waals surface area (Å²) in [7, 11) is 0. The van der Waals surface area contributed by atoms with Crippen LogP contribution >= 0.6 is 34.9 Å². The van der Waals surface area contributed by atoms with Gasteiger partial charge in [-0.05, 0) is 42.3 Å². The van der Waals surface area contributed by atoms with E-state index in [1.165, 1.54) is 28.7 Å². The summed E-state index contributed by atoms with van der Waals surface area (Å²) in [5.74, 6) is 1.70. The summed E-state index contributed by atoms with van der Waals surface area (Å²) in [5, 5.41) is 12.3. The zero-order valence-electron chi connectivity index (χ0n) is 15.8. The monoisotopic (exact) mass is 444 g/mol. The van der Waals surface area contributed by atoms with Crippen LogP contribution in [0.25, 0.3) is 0 Å². The van der Waals surface area contributed by atoms with Gasteiger partial charge in [0.15, 0.2) is 8.68 Å². The molecule has 0 aliphatic rings. The highest BCUT2D eigenvalue weighted by atomic mass is 32.2. The first-order valence-electron chi connectivity index (χ1n) is 8.90. The fraction of sp³-hybridized carbons (Fsp3) is 0.200. The Bertz CT molecular complexity index is 930. The highest BCUT2D eigenvalue weighted by Gasteiger charge is 2.08. The molecule has 1 heterocycles. The van der Waals surface area contributed by atoms with Gasteiger partial charge in [-0.2, -0.15) is 5.10 Å². The number of amides is 1. The zero-order valence-corrected chi connectivity index (χ0v) is 18.2. The van der Waals surface area contributed by atoms with Gasteiger partial charge >= 0.3 is 0 Å². The number of hydrogen-bond acceptors (Lipinski definition) is 8. The van der Waals surface area contributed by atoms with Gasteiger partial charge in [0.25, 0.3) is 5.91 Å². The molecule has 1 amide bonds. The molecule has 0 saturated heterocycles. The number of carbonyl (C=O) groups excluding carboxylic acids is 1. The minimum atomic E-state index is -0.189. The molecular weight excluding hydrogens is 424 g/mol. The van der Waals surface area contributed by atoms with Gasteiger partial charge in [-0.3, -0.25) is 4.79 Å². The maximum atomic E-state index is 11.9. The molecule has 0 radical (unpaired) electrons. The molecule has 1 N–H and O–H groups in total. The summed E-state index contributed by atoms with van der Waals surface area (Å²) in [6.45, 7) is 2.57. The third-order valence-electron chi connectivity index (χ3n) is 3.51. The molecular formula is C20H20N4O2S3. The Balaban J connectivity index is 1.38. The van der Waals surface area contributed by atoms with E-state index in [1.807, 2.05) is 49.4 Å². The fourth-order valence-electron chi connectivity index (χ4n) is 2.19. The molecule has 0 saturated carbocycles. The van der Waals surface area contributed by atoms with Gasteiger partial charge in [0.1, 0.15) is 5.75 Å². The van der Waals surface area contributed by atoms with Gasteiger partial charge in [-0.25, -0.2) is 5.43 Å². The third-order valence-corrected chi connectivity index (χ3v) is 6.77. The minimum absolute atomic E-state index is 0.189. The molecule has 6 nitrogen and oxygen atoms in total. The van der Waals surface area contributed by atoms with Gasteiger partial charge in [0, 0.05) is 5.75 Å². The maximum Gasteiger partial charge on any atom is 0.250 e. The molecule has 3 rings (SSSR count). The van der Waals surface area contributed by atoms with E-state index >= 15 is 0 Å². The van der Waals surface area contributed by atoms with Crippen molar-refractivity contribution in [1.29, 1.82) is 0 Å². The molecule has 9 heteroatoms. The second-order valence-electron chi connectivity index (χ2n) is 5.69. The topological polar surface area (TPSA) is 76.5 Å². The highest BCUT2D eigenvalue weighted by Crippen LogP contribution is 2.30. The van der Waals surface area contributed by atoms with Crippen LogP contribution in [0.4, 0.5) is 0 Å². The largest absolute Gasteiger partial charge is 0.494 e. The average molecular weight is 445 g/mol. The van der Waals surface area contributed by atoms with Gasteiger partial charge in [-0.1, -0.05) is 65.2 Å². The van der Waals surface area contributed by atoms with Crippen molar-refractivity contribution >= 4 is 47.0 Å². The number of nitrogens with zero attached hydrogens (tertiary/aromatic N) is 3. The molecule has 0 spiro atoms. The van der Waals surface area contributed by atoms with Crippen molar-refractivity contribution in [2.24, 2.45) is 5.10 Å². The van der Waals surface area contributed by atoms with Crippen LogP contribution in [0.15, 0.2) is 68.4 Å². The number of nitrogens with one attached hydrogen (secondary N) is 1. The smallest absolute Gasteiger partial charge is 0.250 e. The molecule has 0 aliphatic heterocycles. The van der Waals surface area contributed by atoms with Crippen molar-refractivity contribution in [3.63, 3.8) is 0 Å². The predicted molar refractivity (Wildman–Crippen MR) is 120 cm³/mol. The van der Waals surface area contributed by atoms with Crippen LogP contribution in [-0.2, 0) is 10.5 Å². The molecule has 150 valence electrons. The summed E-state index contributed by atoms with van der Waals surface area (Å²) in [5.41, 5.74) is 4.65. The number of aromatic nitrogens is 2. The van der Waals surface area contributed by atoms with E-state index in [1.54, 1.807) is 18.0 Å². The van der Waals surface area contributed by atoms with Gasteiger partial charge in [0.05, 0.1) is 18.6 Å². The first kappa shape index (κ1) is 21.4. The Hall–Kier alpha value is -2.36. The van der Waals surface area contributed by atoms with Crippen LogP contribution in [0.3, 0.4) is 0 Å².